The van der Waals surface area contributed by atoms with Gasteiger partial charge in [0.1, 0.15) is 5.82 Å². The van der Waals surface area contributed by atoms with Crippen LogP contribution in [-0.4, -0.2) is 29.1 Å². The number of nitrogens with zero attached hydrogens (tertiary/aromatic N) is 1. The van der Waals surface area contributed by atoms with E-state index in [-0.39, 0.29) is 33.3 Å². The van der Waals surface area contributed by atoms with Crippen LogP contribution in [0.3, 0.4) is 0 Å². The molecule has 10 heteroatoms. The van der Waals surface area contributed by atoms with Gasteiger partial charge >= 0.3 is 5.97 Å². The number of methoxy groups -OCH3 is 1. The molecule has 6 nitrogen and oxygen atoms in total. The molecule has 0 aliphatic carbocycles. The summed E-state index contributed by atoms with van der Waals surface area (Å²) in [5.74, 6) is -1.44. The Bertz CT molecular complexity index is 1360. The highest BCUT2D eigenvalue weighted by atomic mass is 35.5. The van der Waals surface area contributed by atoms with Crippen molar-refractivity contribution in [2.45, 2.75) is 6.54 Å². The summed E-state index contributed by atoms with van der Waals surface area (Å²) in [6.07, 6.45) is 1.48. The monoisotopic (exact) mass is 531 g/mol. The van der Waals surface area contributed by atoms with Gasteiger partial charge in [0.05, 0.1) is 24.1 Å². The van der Waals surface area contributed by atoms with Gasteiger partial charge in [0.25, 0.3) is 11.1 Å². The maximum Gasteiger partial charge on any atom is 0.343 e. The van der Waals surface area contributed by atoms with Gasteiger partial charge in [-0.2, -0.15) is 0 Å². The molecular weight excluding hydrogens is 516 g/mol. The normalized spacial score (nSPS) is 14.5. The molecule has 1 aliphatic heterocycles. The van der Waals surface area contributed by atoms with E-state index in [1.165, 1.54) is 43.5 Å². The largest absolute Gasteiger partial charge is 0.493 e. The fraction of sp³-hybridized carbons (Fsp3) is 0.0800. The van der Waals surface area contributed by atoms with Gasteiger partial charge in [-0.1, -0.05) is 41.4 Å². The highest BCUT2D eigenvalue weighted by Gasteiger charge is 2.36. The fourth-order valence-corrected chi connectivity index (χ4v) is 4.52. The molecule has 3 aromatic carbocycles. The first-order valence-corrected chi connectivity index (χ1v) is 11.7. The molecule has 3 aromatic rings. The molecule has 0 unspecified atom stereocenters. The van der Waals surface area contributed by atoms with Gasteiger partial charge in [0.2, 0.25) is 0 Å². The summed E-state index contributed by atoms with van der Waals surface area (Å²) >= 11 is 12.7. The molecule has 0 saturated carbocycles. The molecule has 0 atom stereocenters. The summed E-state index contributed by atoms with van der Waals surface area (Å²) in [6, 6.07) is 15.1. The lowest BCUT2D eigenvalue weighted by Crippen LogP contribution is -2.28. The van der Waals surface area contributed by atoms with Gasteiger partial charge in [0, 0.05) is 15.6 Å². The summed E-state index contributed by atoms with van der Waals surface area (Å²) in [4.78, 5) is 38.9. The Morgan fingerprint density at radius 3 is 2.54 bits per heavy atom. The highest BCUT2D eigenvalue weighted by Crippen LogP contribution is 2.36. The minimum atomic E-state index is -0.648. The van der Waals surface area contributed by atoms with Crippen molar-refractivity contribution in [1.29, 1.82) is 0 Å². The molecule has 0 spiro atoms. The van der Waals surface area contributed by atoms with Gasteiger partial charge < -0.3 is 9.47 Å². The van der Waals surface area contributed by atoms with Crippen molar-refractivity contribution in [3.05, 3.63) is 98.1 Å². The van der Waals surface area contributed by atoms with E-state index in [1.54, 1.807) is 30.3 Å². The Hall–Kier alpha value is -3.33. The topological polar surface area (TPSA) is 72.9 Å². The number of carbonyl (C=O) groups is 3. The summed E-state index contributed by atoms with van der Waals surface area (Å²) in [7, 11) is 1.42. The number of ether oxygens (including phenoxy) is 2. The zero-order valence-electron chi connectivity index (χ0n) is 18.1. The Kier molecular flexibility index (Phi) is 7.45. The minimum absolute atomic E-state index is 0.0531. The number of halogens is 3. The zero-order valence-corrected chi connectivity index (χ0v) is 20.4. The summed E-state index contributed by atoms with van der Waals surface area (Å²) in [5, 5.41) is -0.0522. The molecule has 35 heavy (non-hydrogen) atoms. The second-order valence-electron chi connectivity index (χ2n) is 7.28. The van der Waals surface area contributed by atoms with Gasteiger partial charge in [-0.15, -0.1) is 0 Å². The number of carbonyl (C=O) groups excluding carboxylic acids is 3. The van der Waals surface area contributed by atoms with E-state index >= 15 is 0 Å². The second-order valence-corrected chi connectivity index (χ2v) is 9.12. The number of benzene rings is 3. The summed E-state index contributed by atoms with van der Waals surface area (Å²) in [5.41, 5.74) is 0.782. The van der Waals surface area contributed by atoms with Crippen molar-refractivity contribution in [2.75, 3.05) is 7.11 Å². The average molecular weight is 532 g/mol. The van der Waals surface area contributed by atoms with Crippen LogP contribution in [0.4, 0.5) is 9.18 Å². The number of rotatable bonds is 6. The Morgan fingerprint density at radius 2 is 1.83 bits per heavy atom. The van der Waals surface area contributed by atoms with Crippen LogP contribution < -0.4 is 9.47 Å². The Morgan fingerprint density at radius 1 is 1.06 bits per heavy atom. The van der Waals surface area contributed by atoms with Crippen molar-refractivity contribution < 1.29 is 28.2 Å². The quantitative estimate of drug-likeness (QED) is 0.203. The van der Waals surface area contributed by atoms with Crippen molar-refractivity contribution >= 4 is 58.2 Å². The number of imide groups is 1. The van der Waals surface area contributed by atoms with Crippen LogP contribution in [0.2, 0.25) is 10.0 Å². The van der Waals surface area contributed by atoms with Crippen molar-refractivity contribution in [3.8, 4) is 11.5 Å². The van der Waals surface area contributed by atoms with Crippen molar-refractivity contribution in [1.82, 2.24) is 4.90 Å². The molecule has 0 radical (unpaired) electrons. The highest BCUT2D eigenvalue weighted by molar-refractivity contribution is 8.18. The average Bonchev–Trinajstić information content (AvgIpc) is 3.08. The first-order chi connectivity index (χ1) is 16.8. The molecule has 4 rings (SSSR count). The molecule has 178 valence electrons. The van der Waals surface area contributed by atoms with Crippen LogP contribution in [0.1, 0.15) is 21.5 Å². The number of hydrogen-bond acceptors (Lipinski definition) is 6. The van der Waals surface area contributed by atoms with Gasteiger partial charge in [-0.3, -0.25) is 14.5 Å². The van der Waals surface area contributed by atoms with Gasteiger partial charge in [-0.25, -0.2) is 9.18 Å². The van der Waals surface area contributed by atoms with E-state index in [0.29, 0.717) is 28.1 Å². The predicted octanol–water partition coefficient (Wildman–Crippen LogP) is 6.60. The third-order valence-corrected chi connectivity index (χ3v) is 6.50. The van der Waals surface area contributed by atoms with Gasteiger partial charge in [-0.05, 0) is 65.9 Å². The molecule has 0 N–H and O–H groups in total. The molecular formula is C25H16Cl2FNO5S. The fourth-order valence-electron chi connectivity index (χ4n) is 3.27. The minimum Gasteiger partial charge on any atom is -0.493 e. The molecule has 0 aromatic heterocycles. The third-order valence-electron chi connectivity index (χ3n) is 5.00. The van der Waals surface area contributed by atoms with E-state index in [2.05, 4.69) is 0 Å². The van der Waals surface area contributed by atoms with E-state index in [9.17, 15) is 18.8 Å². The second kappa shape index (κ2) is 10.5. The Balaban J connectivity index is 1.58. The van der Waals surface area contributed by atoms with Crippen LogP contribution in [0.25, 0.3) is 6.08 Å². The lowest BCUT2D eigenvalue weighted by atomic mass is 10.1. The maximum absolute atomic E-state index is 14.2. The molecule has 1 saturated heterocycles. The first-order valence-electron chi connectivity index (χ1n) is 10.1. The van der Waals surface area contributed by atoms with Crippen molar-refractivity contribution in [3.63, 3.8) is 0 Å². The molecule has 2 amide bonds. The van der Waals surface area contributed by atoms with E-state index in [1.807, 2.05) is 0 Å². The molecule has 1 fully saturated rings. The predicted molar refractivity (Wildman–Crippen MR) is 132 cm³/mol. The van der Waals surface area contributed by atoms with Crippen LogP contribution >= 0.6 is 35.0 Å². The smallest absolute Gasteiger partial charge is 0.343 e. The molecule has 0 bridgehead atoms. The van der Waals surface area contributed by atoms with E-state index in [4.69, 9.17) is 32.7 Å². The first kappa shape index (κ1) is 24.8. The van der Waals surface area contributed by atoms with Crippen LogP contribution in [0.5, 0.6) is 11.5 Å². The Labute approximate surface area is 214 Å². The number of thioether (sulfide) groups is 1. The summed E-state index contributed by atoms with van der Waals surface area (Å²) < 4.78 is 24.9. The SMILES string of the molecule is COc1ccc(/C=C2\SC(=O)N(Cc3c(F)cccc3Cl)C2=O)cc1OC(=O)c1cccc(Cl)c1. The van der Waals surface area contributed by atoms with Crippen LogP contribution in [0.15, 0.2) is 65.6 Å². The third kappa shape index (κ3) is 5.51. The van der Waals surface area contributed by atoms with E-state index in [0.717, 1.165) is 4.90 Å². The maximum atomic E-state index is 14.2. The number of hydrogen-bond donors (Lipinski definition) is 0. The van der Waals surface area contributed by atoms with Crippen molar-refractivity contribution in [2.24, 2.45) is 0 Å². The van der Waals surface area contributed by atoms with Crippen LogP contribution in [0, 0.1) is 5.82 Å². The van der Waals surface area contributed by atoms with Crippen LogP contribution in [-0.2, 0) is 11.3 Å². The standard InChI is InChI=1S/C25H16Cl2FNO5S/c1-33-20-9-8-14(10-21(20)34-24(31)15-4-2-5-16(26)12-15)11-22-23(30)29(25(32)35-22)13-17-18(27)6-3-7-19(17)28/h2-12H,13H2,1H3/b22-11-. The molecule has 1 aliphatic rings. The zero-order chi connectivity index (χ0) is 25.1. The number of amides is 2. The number of esters is 1. The molecule has 1 heterocycles. The summed E-state index contributed by atoms with van der Waals surface area (Å²) in [6.45, 7) is -0.293. The van der Waals surface area contributed by atoms with E-state index < -0.39 is 22.9 Å². The lowest BCUT2D eigenvalue weighted by molar-refractivity contribution is -0.123. The van der Waals surface area contributed by atoms with Gasteiger partial charge in [0.15, 0.2) is 11.5 Å². The lowest BCUT2D eigenvalue weighted by Gasteiger charge is -2.14.